The summed E-state index contributed by atoms with van der Waals surface area (Å²) in [6.45, 7) is 9.12. The van der Waals surface area contributed by atoms with Crippen LogP contribution >= 0.6 is 0 Å². The van der Waals surface area contributed by atoms with Crippen molar-refractivity contribution in [2.24, 2.45) is 0 Å². The number of unbranched alkanes of at least 4 members (excludes halogenated alkanes) is 18. The second-order valence-corrected chi connectivity index (χ2v) is 12.4. The molecule has 0 N–H and O–H groups in total. The molecule has 0 aromatic rings. The van der Waals surface area contributed by atoms with Crippen molar-refractivity contribution in [2.45, 2.75) is 142 Å². The third-order valence-corrected chi connectivity index (χ3v) is 7.37. The molecule has 0 aliphatic rings. The topological polar surface area (TPSA) is 0 Å². The van der Waals surface area contributed by atoms with E-state index >= 15 is 0 Å². The minimum Gasteiger partial charge on any atom is -1.00 e. The molecule has 0 unspecified atom stereocenters. The molecule has 0 atom stereocenters. The largest absolute Gasteiger partial charge is 1.00 e. The highest BCUT2D eigenvalue weighted by Gasteiger charge is 2.14. The average molecular weight is 550 g/mol. The molecule has 0 radical (unpaired) electrons. The van der Waals surface area contributed by atoms with Crippen LogP contribution in [0.1, 0.15) is 142 Å². The van der Waals surface area contributed by atoms with E-state index in [0.29, 0.717) is 0 Å². The molecule has 0 amide bonds. The normalized spacial score (nSPS) is 11.4. The fourth-order valence-corrected chi connectivity index (χ4v) is 4.75. The van der Waals surface area contributed by atoms with Gasteiger partial charge in [-0.25, -0.2) is 0 Å². The highest BCUT2D eigenvalue weighted by Crippen LogP contribution is 2.13. The zero-order valence-corrected chi connectivity index (χ0v) is 27.1. The molecule has 0 aliphatic heterocycles. The molecule has 2 nitrogen and oxygen atoms in total. The Bertz CT molecular complexity index is 452. The van der Waals surface area contributed by atoms with Gasteiger partial charge in [-0.05, 0) is 37.5 Å². The van der Waals surface area contributed by atoms with E-state index in [1.165, 1.54) is 142 Å². The predicted molar refractivity (Wildman–Crippen MR) is 155 cm³/mol. The van der Waals surface area contributed by atoms with Gasteiger partial charge in [0.05, 0.1) is 41.3 Å². The lowest BCUT2D eigenvalue weighted by molar-refractivity contribution is -0.885. The number of hydrogen-bond donors (Lipinski definition) is 0. The Morgan fingerprint density at radius 2 is 0.583 bits per heavy atom. The highest BCUT2D eigenvalue weighted by molar-refractivity contribution is 4.99. The first-order valence-electron chi connectivity index (χ1n) is 15.4. The van der Waals surface area contributed by atoms with Crippen molar-refractivity contribution in [1.29, 1.82) is 0 Å². The quantitative estimate of drug-likeness (QED) is 0.0987. The van der Waals surface area contributed by atoms with E-state index in [1.54, 1.807) is 0 Å². The number of rotatable bonds is 24. The summed E-state index contributed by atoms with van der Waals surface area (Å²) in [5.41, 5.74) is 0. The number of hydrogen-bond acceptors (Lipinski definition) is 0. The van der Waals surface area contributed by atoms with Gasteiger partial charge in [-0.3, -0.25) is 0 Å². The monoisotopic (exact) mass is 548 g/mol. The van der Waals surface area contributed by atoms with Gasteiger partial charge in [0, 0.05) is 0 Å². The first-order chi connectivity index (χ1) is 16.3. The van der Waals surface area contributed by atoms with E-state index < -0.39 is 0 Å². The molecule has 0 saturated carbocycles. The van der Waals surface area contributed by atoms with Gasteiger partial charge in [-0.15, -0.1) is 0 Å². The van der Waals surface area contributed by atoms with Gasteiger partial charge in [0.2, 0.25) is 0 Å². The van der Waals surface area contributed by atoms with Crippen molar-refractivity contribution < 1.29 is 33.8 Å². The van der Waals surface area contributed by atoms with Crippen LogP contribution < -0.4 is 24.8 Å². The van der Waals surface area contributed by atoms with E-state index in [1.807, 2.05) is 0 Å². The van der Waals surface area contributed by atoms with E-state index in [9.17, 15) is 0 Å². The molecular formula is C32H66Cl2N2. The summed E-state index contributed by atoms with van der Waals surface area (Å²) in [6, 6.07) is 0. The molecule has 218 valence electrons. The maximum atomic E-state index is 3.51. The minimum absolute atomic E-state index is 0. The molecular weight excluding hydrogens is 483 g/mol. The van der Waals surface area contributed by atoms with E-state index in [0.717, 1.165) is 22.1 Å². The molecule has 0 aromatic carbocycles. The first kappa shape index (κ1) is 40.6. The predicted octanol–water partition coefficient (Wildman–Crippen LogP) is 2.99. The van der Waals surface area contributed by atoms with Crippen LogP contribution in [0.4, 0.5) is 0 Å². The third kappa shape index (κ3) is 30.3. The number of halogens is 2. The van der Waals surface area contributed by atoms with Crippen LogP contribution in [0.15, 0.2) is 0 Å². The van der Waals surface area contributed by atoms with Crippen LogP contribution in [0.3, 0.4) is 0 Å². The Morgan fingerprint density at radius 1 is 0.361 bits per heavy atom. The van der Waals surface area contributed by atoms with Crippen molar-refractivity contribution >= 4 is 0 Å². The maximum absolute atomic E-state index is 3.51. The van der Waals surface area contributed by atoms with Crippen LogP contribution in [0.25, 0.3) is 0 Å². The lowest BCUT2D eigenvalue weighted by Crippen LogP contribution is -3.00. The minimum atomic E-state index is 0. The lowest BCUT2D eigenvalue weighted by Gasteiger charge is -2.28. The van der Waals surface area contributed by atoms with Crippen LogP contribution in [-0.2, 0) is 0 Å². The van der Waals surface area contributed by atoms with Crippen LogP contribution in [0, 0.1) is 11.8 Å². The van der Waals surface area contributed by atoms with Gasteiger partial charge in [0.25, 0.3) is 0 Å². The Morgan fingerprint density at radius 3 is 0.833 bits per heavy atom. The van der Waals surface area contributed by atoms with Crippen LogP contribution in [-0.4, -0.2) is 63.3 Å². The molecule has 0 spiro atoms. The average Bonchev–Trinajstić information content (AvgIpc) is 2.79. The van der Waals surface area contributed by atoms with Gasteiger partial charge < -0.3 is 33.8 Å². The molecule has 0 aliphatic carbocycles. The fraction of sp³-hybridized carbons (Fsp3) is 0.938. The SMILES string of the molecule is CCCCCCCCCCCC[N+](C)(C)CC#CC[N+](C)(C)CCCCCCCCCCCC.[Cl-].[Cl-]. The van der Waals surface area contributed by atoms with Gasteiger partial charge in [-0.2, -0.15) is 0 Å². The smallest absolute Gasteiger partial charge is 0.140 e. The van der Waals surface area contributed by atoms with E-state index in [2.05, 4.69) is 53.9 Å². The number of quaternary nitrogens is 2. The summed E-state index contributed by atoms with van der Waals surface area (Å²) >= 11 is 0. The number of nitrogens with zero attached hydrogens (tertiary/aromatic N) is 2. The summed E-state index contributed by atoms with van der Waals surface area (Å²) in [6.07, 6.45) is 28.3. The Labute approximate surface area is 241 Å². The van der Waals surface area contributed by atoms with Crippen molar-refractivity contribution in [3.05, 3.63) is 0 Å². The summed E-state index contributed by atoms with van der Waals surface area (Å²) in [4.78, 5) is 0. The van der Waals surface area contributed by atoms with Gasteiger partial charge in [-0.1, -0.05) is 117 Å². The summed E-state index contributed by atoms with van der Waals surface area (Å²) in [5, 5.41) is 0. The highest BCUT2D eigenvalue weighted by atomic mass is 35.5. The van der Waals surface area contributed by atoms with Crippen molar-refractivity contribution in [3.8, 4) is 11.8 Å². The standard InChI is InChI=1S/C32H66N2.2ClH/c1-7-9-11-13-15-17-19-21-23-25-29-33(3,4)31-27-28-32-34(5,6)30-26-24-22-20-18-16-14-12-10-8-2;;/h7-26,29-32H2,1-6H3;2*1H/q+2;;/p-2. The van der Waals surface area contributed by atoms with Gasteiger partial charge in [0.1, 0.15) is 13.1 Å². The first-order valence-corrected chi connectivity index (χ1v) is 15.4. The molecule has 4 heteroatoms. The molecule has 0 saturated heterocycles. The van der Waals surface area contributed by atoms with Gasteiger partial charge >= 0.3 is 0 Å². The zero-order chi connectivity index (χ0) is 25.4. The van der Waals surface area contributed by atoms with E-state index in [-0.39, 0.29) is 24.8 Å². The third-order valence-electron chi connectivity index (χ3n) is 7.37. The summed E-state index contributed by atoms with van der Waals surface area (Å²) < 4.78 is 2.10. The Hall–Kier alpha value is 0.0600. The molecule has 0 rings (SSSR count). The summed E-state index contributed by atoms with van der Waals surface area (Å²) in [7, 11) is 9.41. The lowest BCUT2D eigenvalue weighted by atomic mass is 10.1. The van der Waals surface area contributed by atoms with Crippen molar-refractivity contribution in [3.63, 3.8) is 0 Å². The Balaban J connectivity index is -0.00000544. The van der Waals surface area contributed by atoms with Crippen molar-refractivity contribution in [2.75, 3.05) is 54.4 Å². The maximum Gasteiger partial charge on any atom is 0.140 e. The van der Waals surface area contributed by atoms with Crippen LogP contribution in [0.5, 0.6) is 0 Å². The Kier molecular flexibility index (Phi) is 31.6. The zero-order valence-electron chi connectivity index (χ0n) is 25.6. The molecule has 0 aromatic heterocycles. The molecule has 0 bridgehead atoms. The molecule has 36 heavy (non-hydrogen) atoms. The van der Waals surface area contributed by atoms with Crippen LogP contribution in [0.2, 0.25) is 0 Å². The second kappa shape index (κ2) is 28.1. The summed E-state index contributed by atoms with van der Waals surface area (Å²) in [5.74, 6) is 7.03. The van der Waals surface area contributed by atoms with E-state index in [4.69, 9.17) is 0 Å². The second-order valence-electron chi connectivity index (χ2n) is 12.4. The fourth-order valence-electron chi connectivity index (χ4n) is 4.75. The van der Waals surface area contributed by atoms with Crippen molar-refractivity contribution in [1.82, 2.24) is 0 Å². The molecule has 0 fully saturated rings. The molecule has 0 heterocycles. The van der Waals surface area contributed by atoms with Gasteiger partial charge in [0.15, 0.2) is 0 Å².